The number of nitrogens with one attached hydrogen (secondary N) is 1. The van der Waals surface area contributed by atoms with Gasteiger partial charge in [-0.15, -0.1) is 0 Å². The van der Waals surface area contributed by atoms with Crippen LogP contribution in [-0.2, 0) is 9.73 Å². The highest BCUT2D eigenvalue weighted by atomic mass is 32.2. The van der Waals surface area contributed by atoms with Crippen LogP contribution in [0.1, 0.15) is 19.3 Å². The molecule has 6 heteroatoms. The lowest BCUT2D eigenvalue weighted by atomic mass is 9.55. The zero-order valence-corrected chi connectivity index (χ0v) is 9.90. The number of nitrogens with zero attached hydrogens (tertiary/aromatic N) is 1. The minimum absolute atomic E-state index is 0.0263. The van der Waals surface area contributed by atoms with Crippen LogP contribution in [-0.4, -0.2) is 13.9 Å². The summed E-state index contributed by atoms with van der Waals surface area (Å²) < 4.78 is 20.3. The molecule has 90 valence electrons. The van der Waals surface area contributed by atoms with Gasteiger partial charge in [0.2, 0.25) is 0 Å². The van der Waals surface area contributed by atoms with Gasteiger partial charge in [0.1, 0.15) is 0 Å². The van der Waals surface area contributed by atoms with Gasteiger partial charge in [-0.05, 0) is 37.3 Å². The van der Waals surface area contributed by atoms with E-state index in [1.165, 1.54) is 24.3 Å². The van der Waals surface area contributed by atoms with Gasteiger partial charge in [0.15, 0.2) is 0 Å². The number of benzene rings is 1. The predicted molar refractivity (Wildman–Crippen MR) is 62.3 cm³/mol. The first-order chi connectivity index (χ1) is 7.95. The van der Waals surface area contributed by atoms with Crippen molar-refractivity contribution in [1.82, 2.24) is 0 Å². The molecule has 17 heavy (non-hydrogen) atoms. The minimum Gasteiger partial charge on any atom is -0.258 e. The molecule has 3 aliphatic rings. The summed E-state index contributed by atoms with van der Waals surface area (Å²) in [7, 11) is -2.80. The number of rotatable bonds is 3. The van der Waals surface area contributed by atoms with Gasteiger partial charge in [-0.2, -0.15) is 0 Å². The average Bonchev–Trinajstić information content (AvgIpc) is 2.12. The van der Waals surface area contributed by atoms with Crippen molar-refractivity contribution in [3.63, 3.8) is 0 Å². The number of nitro groups is 1. The topological polar surface area (TPSA) is 84.1 Å². The highest BCUT2D eigenvalue weighted by Crippen LogP contribution is 2.63. The Kier molecular flexibility index (Phi) is 1.93. The first kappa shape index (κ1) is 10.7. The van der Waals surface area contributed by atoms with E-state index in [-0.39, 0.29) is 10.4 Å². The van der Waals surface area contributed by atoms with E-state index in [2.05, 4.69) is 0 Å². The molecule has 5 nitrogen and oxygen atoms in total. The Morgan fingerprint density at radius 1 is 1.29 bits per heavy atom. The third kappa shape index (κ3) is 1.27. The maximum Gasteiger partial charge on any atom is 0.269 e. The second-order valence-electron chi connectivity index (χ2n) is 4.97. The van der Waals surface area contributed by atoms with Gasteiger partial charge in [0.25, 0.3) is 5.69 Å². The van der Waals surface area contributed by atoms with Gasteiger partial charge in [-0.25, -0.2) is 8.99 Å². The number of hydrogen-bond donors (Lipinski definition) is 1. The number of non-ortho nitro benzene ring substituents is 1. The quantitative estimate of drug-likeness (QED) is 0.662. The summed E-state index contributed by atoms with van der Waals surface area (Å²) in [5, 5.41) is 10.5. The van der Waals surface area contributed by atoms with E-state index in [9.17, 15) is 14.3 Å². The molecule has 3 fully saturated rings. The monoisotopic (exact) mass is 252 g/mol. The maximum absolute atomic E-state index is 12.5. The maximum atomic E-state index is 12.5. The summed E-state index contributed by atoms with van der Waals surface area (Å²) >= 11 is 0. The van der Waals surface area contributed by atoms with Crippen LogP contribution in [0, 0.1) is 20.8 Å². The van der Waals surface area contributed by atoms with E-state index in [4.69, 9.17) is 4.78 Å². The normalized spacial score (nSPS) is 33.1. The SMILES string of the molecule is N=S(=O)(c1ccc([N+](=O)[O-])cc1)C12CC(C1)C2. The lowest BCUT2D eigenvalue weighted by Crippen LogP contribution is -2.62. The highest BCUT2D eigenvalue weighted by Gasteiger charge is 2.62. The largest absolute Gasteiger partial charge is 0.269 e. The molecule has 0 radical (unpaired) electrons. The minimum atomic E-state index is -2.80. The van der Waals surface area contributed by atoms with Gasteiger partial charge in [0, 0.05) is 17.0 Å². The molecule has 3 saturated carbocycles. The predicted octanol–water partition coefficient (Wildman–Crippen LogP) is 2.55. The summed E-state index contributed by atoms with van der Waals surface area (Å²) in [5.41, 5.74) is -0.0263. The van der Waals surface area contributed by atoms with Gasteiger partial charge in [0.05, 0.1) is 19.4 Å². The molecular formula is C11H12N2O3S. The van der Waals surface area contributed by atoms with Crippen molar-refractivity contribution in [3.8, 4) is 0 Å². The molecule has 0 aliphatic heterocycles. The lowest BCUT2D eigenvalue weighted by Gasteiger charge is -2.61. The summed E-state index contributed by atoms with van der Waals surface area (Å²) in [5.74, 6) is 0.666. The van der Waals surface area contributed by atoms with Gasteiger partial charge < -0.3 is 0 Å². The third-order valence-corrected chi connectivity index (χ3v) is 6.63. The Bertz CT molecular complexity index is 575. The molecule has 2 bridgehead atoms. The van der Waals surface area contributed by atoms with E-state index in [1.54, 1.807) is 0 Å². The van der Waals surface area contributed by atoms with Gasteiger partial charge in [-0.3, -0.25) is 10.1 Å². The average molecular weight is 252 g/mol. The fraction of sp³-hybridized carbons (Fsp3) is 0.455. The summed E-state index contributed by atoms with van der Waals surface area (Å²) in [6.07, 6.45) is 2.64. The Morgan fingerprint density at radius 3 is 2.18 bits per heavy atom. The van der Waals surface area contributed by atoms with Crippen molar-refractivity contribution in [2.75, 3.05) is 0 Å². The Hall–Kier alpha value is -1.43. The van der Waals surface area contributed by atoms with Crippen LogP contribution in [0.3, 0.4) is 0 Å². The van der Waals surface area contributed by atoms with Crippen LogP contribution in [0.4, 0.5) is 5.69 Å². The Balaban J connectivity index is 1.96. The smallest absolute Gasteiger partial charge is 0.258 e. The van der Waals surface area contributed by atoms with Gasteiger partial charge in [-0.1, -0.05) is 0 Å². The van der Waals surface area contributed by atoms with E-state index in [1.807, 2.05) is 0 Å². The molecule has 4 rings (SSSR count). The zero-order chi connectivity index (χ0) is 12.3. The van der Waals surface area contributed by atoms with Crippen LogP contribution in [0.25, 0.3) is 0 Å². The summed E-state index contributed by atoms with van der Waals surface area (Å²) in [6.45, 7) is 0. The van der Waals surface area contributed by atoms with Crippen LogP contribution >= 0.6 is 0 Å². The first-order valence-electron chi connectivity index (χ1n) is 5.47. The lowest BCUT2D eigenvalue weighted by molar-refractivity contribution is -0.384. The third-order valence-electron chi connectivity index (χ3n) is 3.97. The standard InChI is InChI=1S/C11H12N2O3S/c12-17(16,11-5-8(6-11)7-11)10-3-1-9(2-4-10)13(14)15/h1-4,8,12H,5-7H2. The molecule has 0 saturated heterocycles. The Labute approximate surface area is 99.0 Å². The molecule has 1 atom stereocenters. The molecule has 1 N–H and O–H groups in total. The molecule has 3 aliphatic carbocycles. The van der Waals surface area contributed by atoms with Crippen LogP contribution in [0.5, 0.6) is 0 Å². The molecule has 1 aromatic rings. The van der Waals surface area contributed by atoms with Crippen molar-refractivity contribution in [2.24, 2.45) is 5.92 Å². The highest BCUT2D eigenvalue weighted by molar-refractivity contribution is 7.94. The van der Waals surface area contributed by atoms with Crippen molar-refractivity contribution in [2.45, 2.75) is 28.9 Å². The second-order valence-corrected chi connectivity index (χ2v) is 7.42. The first-order valence-corrected chi connectivity index (χ1v) is 7.03. The summed E-state index contributed by atoms with van der Waals surface area (Å²) in [6, 6.07) is 5.59. The van der Waals surface area contributed by atoms with Crippen LogP contribution in [0.2, 0.25) is 0 Å². The van der Waals surface area contributed by atoms with Crippen LogP contribution < -0.4 is 0 Å². The Morgan fingerprint density at radius 2 is 1.82 bits per heavy atom. The fourth-order valence-corrected chi connectivity index (χ4v) is 5.19. The van der Waals surface area contributed by atoms with Gasteiger partial charge >= 0.3 is 0 Å². The molecule has 0 amide bonds. The van der Waals surface area contributed by atoms with E-state index < -0.39 is 14.7 Å². The molecular weight excluding hydrogens is 240 g/mol. The molecule has 0 aromatic heterocycles. The molecule has 1 aromatic carbocycles. The van der Waals surface area contributed by atoms with E-state index in [0.717, 1.165) is 19.3 Å². The molecule has 1 unspecified atom stereocenters. The second kappa shape index (κ2) is 3.07. The number of hydrogen-bond acceptors (Lipinski definition) is 4. The van der Waals surface area contributed by atoms with E-state index in [0.29, 0.717) is 10.8 Å². The van der Waals surface area contributed by atoms with E-state index >= 15 is 0 Å². The van der Waals surface area contributed by atoms with Crippen molar-refractivity contribution in [1.29, 1.82) is 4.78 Å². The van der Waals surface area contributed by atoms with Crippen LogP contribution in [0.15, 0.2) is 29.2 Å². The van der Waals surface area contributed by atoms with Crippen molar-refractivity contribution < 1.29 is 9.13 Å². The molecule has 0 spiro atoms. The van der Waals surface area contributed by atoms with Crippen molar-refractivity contribution in [3.05, 3.63) is 34.4 Å². The fourth-order valence-electron chi connectivity index (χ4n) is 2.76. The summed E-state index contributed by atoms with van der Waals surface area (Å²) in [4.78, 5) is 10.5. The number of nitro benzene ring substituents is 1. The van der Waals surface area contributed by atoms with Crippen molar-refractivity contribution >= 4 is 15.4 Å². The zero-order valence-electron chi connectivity index (χ0n) is 9.09. The molecule has 0 heterocycles.